The van der Waals surface area contributed by atoms with E-state index in [0.29, 0.717) is 0 Å². The predicted molar refractivity (Wildman–Crippen MR) is 84.5 cm³/mol. The molecule has 0 fully saturated rings. The van der Waals surface area contributed by atoms with Gasteiger partial charge in [0.1, 0.15) is 0 Å². The van der Waals surface area contributed by atoms with Crippen LogP contribution in [0, 0.1) is 0 Å². The molecule has 0 bridgehead atoms. The van der Waals surface area contributed by atoms with Crippen molar-refractivity contribution >= 4 is 27.3 Å². The molecule has 0 atom stereocenters. The van der Waals surface area contributed by atoms with Gasteiger partial charge in [0.05, 0.1) is 5.57 Å². The van der Waals surface area contributed by atoms with Gasteiger partial charge in [-0.3, -0.25) is 9.59 Å². The zero-order valence-electron chi connectivity index (χ0n) is 12.8. The number of hydrogen-bond donors (Lipinski definition) is 0. The van der Waals surface area contributed by atoms with E-state index in [4.69, 9.17) is 0 Å². The second-order valence-electron chi connectivity index (χ2n) is 5.26. The highest BCUT2D eigenvalue weighted by Crippen LogP contribution is 2.36. The van der Waals surface area contributed by atoms with Gasteiger partial charge in [0.25, 0.3) is 0 Å². The van der Waals surface area contributed by atoms with Crippen LogP contribution in [0.15, 0.2) is 60.4 Å². The highest BCUT2D eigenvalue weighted by molar-refractivity contribution is 7.87. The number of Topliss-reactive ketones (excluding diaryl/α,β-unsaturated/α-hetero) is 2. The summed E-state index contributed by atoms with van der Waals surface area (Å²) in [6, 6.07) is 12.7. The van der Waals surface area contributed by atoms with Crippen molar-refractivity contribution in [3.8, 4) is 0 Å². The molecule has 0 aromatic heterocycles. The van der Waals surface area contributed by atoms with Gasteiger partial charge in [0, 0.05) is 11.1 Å². The van der Waals surface area contributed by atoms with Gasteiger partial charge in [-0.05, 0) is 5.56 Å². The third-order valence-corrected chi connectivity index (χ3v) is 4.57. The Kier molecular flexibility index (Phi) is 4.19. The number of alkyl halides is 3. The summed E-state index contributed by atoms with van der Waals surface area (Å²) < 4.78 is 65.1. The predicted octanol–water partition coefficient (Wildman–Crippen LogP) is 3.34. The van der Waals surface area contributed by atoms with Crippen molar-refractivity contribution in [1.29, 1.82) is 0 Å². The molecule has 0 saturated heterocycles. The second kappa shape index (κ2) is 6.10. The minimum absolute atomic E-state index is 0.0480. The topological polar surface area (TPSA) is 77.5 Å². The molecule has 134 valence electrons. The van der Waals surface area contributed by atoms with E-state index in [1.54, 1.807) is 6.07 Å². The van der Waals surface area contributed by atoms with E-state index in [0.717, 1.165) is 0 Å². The molecule has 3 rings (SSSR count). The molecule has 0 N–H and O–H groups in total. The van der Waals surface area contributed by atoms with Crippen molar-refractivity contribution in [3.63, 3.8) is 0 Å². The third kappa shape index (κ3) is 2.90. The van der Waals surface area contributed by atoms with Gasteiger partial charge in [-0.15, -0.1) is 0 Å². The monoisotopic (exact) mass is 382 g/mol. The Balaban J connectivity index is 2.27. The number of carbonyl (C=O) groups is 2. The van der Waals surface area contributed by atoms with Gasteiger partial charge in [-0.1, -0.05) is 54.6 Å². The molecule has 2 aromatic carbocycles. The number of benzene rings is 2. The first kappa shape index (κ1) is 17.9. The fraction of sp³-hybridized carbons (Fsp3) is 0.0588. The fourth-order valence-corrected chi connectivity index (χ4v) is 2.93. The maximum atomic E-state index is 12.7. The van der Waals surface area contributed by atoms with E-state index >= 15 is 0 Å². The largest absolute Gasteiger partial charge is 0.534 e. The fourth-order valence-electron chi connectivity index (χ4n) is 2.46. The van der Waals surface area contributed by atoms with Crippen LogP contribution in [0.25, 0.3) is 5.57 Å². The Morgan fingerprint density at radius 3 is 1.81 bits per heavy atom. The van der Waals surface area contributed by atoms with E-state index < -0.39 is 38.5 Å². The van der Waals surface area contributed by atoms with E-state index in [2.05, 4.69) is 4.18 Å². The molecule has 0 radical (unpaired) electrons. The summed E-state index contributed by atoms with van der Waals surface area (Å²) in [5.41, 5.74) is -6.50. The highest BCUT2D eigenvalue weighted by Gasteiger charge is 2.50. The van der Waals surface area contributed by atoms with Crippen LogP contribution in [0.2, 0.25) is 0 Å². The molecule has 1 aliphatic rings. The van der Waals surface area contributed by atoms with Crippen molar-refractivity contribution in [1.82, 2.24) is 0 Å². The number of halogens is 3. The summed E-state index contributed by atoms with van der Waals surface area (Å²) in [7, 11) is -6.13. The van der Waals surface area contributed by atoms with Crippen LogP contribution in [0.3, 0.4) is 0 Å². The normalized spacial score (nSPS) is 15.0. The number of hydrogen-bond acceptors (Lipinski definition) is 5. The molecule has 26 heavy (non-hydrogen) atoms. The van der Waals surface area contributed by atoms with Crippen LogP contribution in [-0.2, 0) is 14.3 Å². The van der Waals surface area contributed by atoms with Gasteiger partial charge in [-0.2, -0.15) is 21.6 Å². The maximum absolute atomic E-state index is 12.7. The van der Waals surface area contributed by atoms with Gasteiger partial charge in [0.15, 0.2) is 5.78 Å². The van der Waals surface area contributed by atoms with Crippen LogP contribution >= 0.6 is 0 Å². The van der Waals surface area contributed by atoms with Crippen LogP contribution in [0.4, 0.5) is 13.2 Å². The molecule has 0 amide bonds. The molecule has 0 spiro atoms. The Morgan fingerprint density at radius 1 is 0.769 bits per heavy atom. The van der Waals surface area contributed by atoms with Gasteiger partial charge < -0.3 is 4.18 Å². The van der Waals surface area contributed by atoms with Crippen molar-refractivity contribution in [2.24, 2.45) is 0 Å². The summed E-state index contributed by atoms with van der Waals surface area (Å²) in [4.78, 5) is 25.3. The first-order valence-electron chi connectivity index (χ1n) is 7.12. The van der Waals surface area contributed by atoms with Gasteiger partial charge in [0.2, 0.25) is 11.5 Å². The zero-order chi connectivity index (χ0) is 19.1. The molecule has 0 unspecified atom stereocenters. The molecule has 2 aromatic rings. The SMILES string of the molecule is O=C1C(OS(=O)(=O)C(F)(F)F)=C(c2ccccc2)C(=O)c2ccccc21. The lowest BCUT2D eigenvalue weighted by Gasteiger charge is -2.21. The van der Waals surface area contributed by atoms with Crippen LogP contribution in [0.1, 0.15) is 26.3 Å². The summed E-state index contributed by atoms with van der Waals surface area (Å²) in [6.45, 7) is 0. The van der Waals surface area contributed by atoms with E-state index in [9.17, 15) is 31.2 Å². The average Bonchev–Trinajstić information content (AvgIpc) is 2.59. The molecular weight excluding hydrogens is 373 g/mol. The van der Waals surface area contributed by atoms with Crippen molar-refractivity contribution in [2.45, 2.75) is 5.51 Å². The molecule has 0 heterocycles. The molecular formula is C17H9F3O5S. The molecule has 5 nitrogen and oxygen atoms in total. The van der Waals surface area contributed by atoms with Crippen molar-refractivity contribution in [2.75, 3.05) is 0 Å². The van der Waals surface area contributed by atoms with E-state index in [1.807, 2.05) is 0 Å². The van der Waals surface area contributed by atoms with Crippen molar-refractivity contribution in [3.05, 3.63) is 77.0 Å². The minimum Gasteiger partial charge on any atom is -0.371 e. The minimum atomic E-state index is -6.13. The molecule has 9 heteroatoms. The van der Waals surface area contributed by atoms with Gasteiger partial charge in [-0.25, -0.2) is 0 Å². The van der Waals surface area contributed by atoms with Crippen molar-refractivity contribution < 1.29 is 35.4 Å². The van der Waals surface area contributed by atoms with Crippen LogP contribution < -0.4 is 0 Å². The van der Waals surface area contributed by atoms with Crippen LogP contribution in [0.5, 0.6) is 0 Å². The smallest absolute Gasteiger partial charge is 0.371 e. The number of ketones is 2. The quantitative estimate of drug-likeness (QED) is 0.601. The van der Waals surface area contributed by atoms with E-state index in [1.165, 1.54) is 48.5 Å². The highest BCUT2D eigenvalue weighted by atomic mass is 32.2. The molecule has 0 aliphatic heterocycles. The summed E-state index contributed by atoms with van der Waals surface area (Å²) in [6.07, 6.45) is 0. The summed E-state index contributed by atoms with van der Waals surface area (Å²) in [5, 5.41) is 0. The standard InChI is InChI=1S/C17H9F3O5S/c18-17(19,20)26(23,24)25-16-13(10-6-2-1-3-7-10)14(21)11-8-4-5-9-12(11)15(16)22/h1-9H. The first-order chi connectivity index (χ1) is 12.1. The number of allylic oxidation sites excluding steroid dienone is 2. The lowest BCUT2D eigenvalue weighted by Crippen LogP contribution is -2.30. The summed E-state index contributed by atoms with van der Waals surface area (Å²) in [5.74, 6) is -3.09. The third-order valence-electron chi connectivity index (χ3n) is 3.62. The Hall–Kier alpha value is -2.94. The van der Waals surface area contributed by atoms with E-state index in [-0.39, 0.29) is 16.7 Å². The van der Waals surface area contributed by atoms with Crippen LogP contribution in [-0.4, -0.2) is 25.5 Å². The zero-order valence-corrected chi connectivity index (χ0v) is 13.6. The van der Waals surface area contributed by atoms with Gasteiger partial charge >= 0.3 is 15.6 Å². The number of rotatable bonds is 3. The molecule has 1 aliphatic carbocycles. The number of fused-ring (bicyclic) bond motifs is 1. The molecule has 0 saturated carbocycles. The first-order valence-corrected chi connectivity index (χ1v) is 8.53. The lowest BCUT2D eigenvalue weighted by atomic mass is 9.85. The Labute approximate surface area is 145 Å². The average molecular weight is 382 g/mol. The second-order valence-corrected chi connectivity index (χ2v) is 6.80. The Bertz CT molecular complexity index is 1040. The number of carbonyl (C=O) groups excluding carboxylic acids is 2. The Morgan fingerprint density at radius 2 is 1.27 bits per heavy atom. The maximum Gasteiger partial charge on any atom is 0.534 e. The lowest BCUT2D eigenvalue weighted by molar-refractivity contribution is -0.0520. The summed E-state index contributed by atoms with van der Waals surface area (Å²) >= 11 is 0.